The van der Waals surface area contributed by atoms with Gasteiger partial charge in [-0.15, -0.1) is 0 Å². The first-order chi connectivity index (χ1) is 16.4. The molecule has 0 radical (unpaired) electrons. The van der Waals surface area contributed by atoms with Gasteiger partial charge in [-0.2, -0.15) is 4.99 Å². The third-order valence-corrected chi connectivity index (χ3v) is 5.53. The van der Waals surface area contributed by atoms with Crippen LogP contribution in [0, 0.1) is 0 Å². The fourth-order valence-electron chi connectivity index (χ4n) is 3.67. The first-order valence-corrected chi connectivity index (χ1v) is 11.4. The topological polar surface area (TPSA) is 95.0 Å². The lowest BCUT2D eigenvalue weighted by Gasteiger charge is -2.15. The van der Waals surface area contributed by atoms with Gasteiger partial charge in [0.2, 0.25) is 0 Å². The number of amides is 1. The van der Waals surface area contributed by atoms with E-state index in [1.165, 1.54) is 16.5 Å². The number of aryl methyl sites for hydroxylation is 1. The van der Waals surface area contributed by atoms with E-state index in [0.717, 1.165) is 12.8 Å². The summed E-state index contributed by atoms with van der Waals surface area (Å²) in [5.41, 5.74) is 0.851. The van der Waals surface area contributed by atoms with E-state index < -0.39 is 11.9 Å². The number of carbonyl (C=O) groups excluding carboxylic acids is 2. The molecule has 0 saturated carbocycles. The van der Waals surface area contributed by atoms with Crippen LogP contribution in [0.3, 0.4) is 0 Å². The lowest BCUT2D eigenvalue weighted by Crippen LogP contribution is -2.32. The van der Waals surface area contributed by atoms with Gasteiger partial charge in [0.25, 0.3) is 11.5 Å². The first kappa shape index (κ1) is 23.4. The highest BCUT2D eigenvalue weighted by molar-refractivity contribution is 6.31. The Kier molecular flexibility index (Phi) is 6.88. The quantitative estimate of drug-likeness (QED) is 0.308. The van der Waals surface area contributed by atoms with Crippen molar-refractivity contribution < 1.29 is 14.3 Å². The second-order valence-electron chi connectivity index (χ2n) is 7.62. The maximum atomic E-state index is 13.3. The Morgan fingerprint density at radius 1 is 1.12 bits per heavy atom. The van der Waals surface area contributed by atoms with Gasteiger partial charge in [0.05, 0.1) is 12.0 Å². The van der Waals surface area contributed by atoms with Crippen molar-refractivity contribution in [1.82, 2.24) is 14.0 Å². The molecule has 0 aliphatic heterocycles. The summed E-state index contributed by atoms with van der Waals surface area (Å²) >= 11 is 6.05. The molecule has 8 nitrogen and oxygen atoms in total. The summed E-state index contributed by atoms with van der Waals surface area (Å²) in [5.74, 6) is -1.25. The minimum absolute atomic E-state index is 0.0237. The monoisotopic (exact) mass is 478 g/mol. The van der Waals surface area contributed by atoms with E-state index in [0.29, 0.717) is 22.9 Å². The van der Waals surface area contributed by atoms with Gasteiger partial charge < -0.3 is 9.30 Å². The van der Waals surface area contributed by atoms with E-state index in [1.807, 2.05) is 6.92 Å². The maximum Gasteiger partial charge on any atom is 0.341 e. The number of halogens is 1. The number of rotatable bonds is 6. The van der Waals surface area contributed by atoms with Crippen molar-refractivity contribution in [2.24, 2.45) is 4.99 Å². The third kappa shape index (κ3) is 4.49. The Bertz CT molecular complexity index is 1540. The molecule has 3 heterocycles. The molecule has 0 bridgehead atoms. The molecule has 0 unspecified atom stereocenters. The van der Waals surface area contributed by atoms with Crippen LogP contribution >= 0.6 is 11.6 Å². The molecule has 0 atom stereocenters. The smallest absolute Gasteiger partial charge is 0.341 e. The number of carbonyl (C=O) groups is 2. The highest BCUT2D eigenvalue weighted by Crippen LogP contribution is 2.14. The van der Waals surface area contributed by atoms with Crippen LogP contribution in [0.2, 0.25) is 5.02 Å². The van der Waals surface area contributed by atoms with Crippen LogP contribution in [0.1, 0.15) is 47.4 Å². The average Bonchev–Trinajstić information content (AvgIpc) is 2.83. The summed E-state index contributed by atoms with van der Waals surface area (Å²) in [4.78, 5) is 48.2. The predicted octanol–water partition coefficient (Wildman–Crippen LogP) is 4.02. The number of aromatic nitrogens is 3. The summed E-state index contributed by atoms with van der Waals surface area (Å²) in [6.07, 6.45) is 3.17. The molecule has 0 saturated heterocycles. The van der Waals surface area contributed by atoms with Crippen molar-refractivity contribution >= 4 is 40.2 Å². The Morgan fingerprint density at radius 2 is 1.94 bits per heavy atom. The minimum atomic E-state index is -0.676. The molecule has 0 spiro atoms. The number of hydrogen-bond donors (Lipinski definition) is 0. The molecule has 4 rings (SSSR count). The van der Waals surface area contributed by atoms with Gasteiger partial charge in [0.1, 0.15) is 16.9 Å². The van der Waals surface area contributed by atoms with E-state index in [4.69, 9.17) is 16.3 Å². The Hall–Kier alpha value is -3.78. The molecule has 0 fully saturated rings. The molecule has 1 aromatic carbocycles. The van der Waals surface area contributed by atoms with Gasteiger partial charge in [-0.05, 0) is 49.7 Å². The Labute approximate surface area is 200 Å². The molecule has 0 N–H and O–H groups in total. The van der Waals surface area contributed by atoms with E-state index in [-0.39, 0.29) is 34.2 Å². The third-order valence-electron chi connectivity index (χ3n) is 5.30. The van der Waals surface area contributed by atoms with Crippen LogP contribution in [-0.4, -0.2) is 32.4 Å². The maximum absolute atomic E-state index is 13.3. The molecule has 174 valence electrons. The number of hydrogen-bond acceptors (Lipinski definition) is 5. The molecular weight excluding hydrogens is 456 g/mol. The van der Waals surface area contributed by atoms with Gasteiger partial charge in [-0.3, -0.25) is 14.0 Å². The molecule has 9 heteroatoms. The van der Waals surface area contributed by atoms with Gasteiger partial charge in [-0.25, -0.2) is 9.78 Å². The molecule has 3 aromatic heterocycles. The van der Waals surface area contributed by atoms with Crippen molar-refractivity contribution in [2.45, 2.75) is 33.2 Å². The fourth-order valence-corrected chi connectivity index (χ4v) is 3.86. The molecular formula is C25H23ClN4O4. The number of esters is 1. The molecule has 34 heavy (non-hydrogen) atoms. The summed E-state index contributed by atoms with van der Waals surface area (Å²) in [5, 5.41) is 0.627. The van der Waals surface area contributed by atoms with E-state index in [2.05, 4.69) is 9.98 Å². The van der Waals surface area contributed by atoms with Crippen molar-refractivity contribution in [3.05, 3.63) is 86.7 Å². The van der Waals surface area contributed by atoms with E-state index in [1.54, 1.807) is 54.1 Å². The standard InChI is InChI=1S/C25H23ClN4O4/c1-3-5-12-30-21-18(24(32)29-13-7-6-11-20(29)27-21)15-19(25(33)34-4-2)22(30)28-23(31)16-9-8-10-17(26)14-16/h6-11,13-15H,3-5,12H2,1-2H3. The van der Waals surface area contributed by atoms with Crippen LogP contribution in [0.4, 0.5) is 0 Å². The number of unbranched alkanes of at least 4 members (excludes halogenated alkanes) is 1. The van der Waals surface area contributed by atoms with Crippen molar-refractivity contribution in [2.75, 3.05) is 6.61 Å². The summed E-state index contributed by atoms with van der Waals surface area (Å²) in [6, 6.07) is 13.1. The van der Waals surface area contributed by atoms with E-state index >= 15 is 0 Å². The minimum Gasteiger partial charge on any atom is -0.462 e. The number of ether oxygens (including phenoxy) is 1. The van der Waals surface area contributed by atoms with E-state index in [9.17, 15) is 14.4 Å². The summed E-state index contributed by atoms with van der Waals surface area (Å²) in [6.45, 7) is 4.23. The van der Waals surface area contributed by atoms with Crippen molar-refractivity contribution in [1.29, 1.82) is 0 Å². The SMILES string of the molecule is CCCCn1c(=NC(=O)c2cccc(Cl)c2)c(C(=O)OCC)cc2c(=O)n3ccccc3nc21. The number of fused-ring (bicyclic) bond motifs is 2. The second kappa shape index (κ2) is 10.0. The second-order valence-corrected chi connectivity index (χ2v) is 8.05. The van der Waals surface area contributed by atoms with Gasteiger partial charge in [0.15, 0.2) is 5.49 Å². The lowest BCUT2D eigenvalue weighted by atomic mass is 10.2. The molecule has 0 aliphatic rings. The lowest BCUT2D eigenvalue weighted by molar-refractivity contribution is 0.0523. The summed E-state index contributed by atoms with van der Waals surface area (Å²) in [7, 11) is 0. The number of benzene rings is 1. The average molecular weight is 479 g/mol. The Balaban J connectivity index is 2.11. The predicted molar refractivity (Wildman–Crippen MR) is 129 cm³/mol. The van der Waals surface area contributed by atoms with Crippen LogP contribution in [0.5, 0.6) is 0 Å². The van der Waals surface area contributed by atoms with Gasteiger partial charge in [-0.1, -0.05) is 37.1 Å². The van der Waals surface area contributed by atoms with Crippen LogP contribution in [0.15, 0.2) is 64.5 Å². The zero-order chi connectivity index (χ0) is 24.2. The van der Waals surface area contributed by atoms with Crippen LogP contribution in [-0.2, 0) is 11.3 Å². The highest BCUT2D eigenvalue weighted by atomic mass is 35.5. The zero-order valence-electron chi connectivity index (χ0n) is 18.8. The first-order valence-electron chi connectivity index (χ1n) is 11.0. The largest absolute Gasteiger partial charge is 0.462 e. The molecule has 0 aliphatic carbocycles. The summed E-state index contributed by atoms with van der Waals surface area (Å²) < 4.78 is 8.30. The molecule has 1 amide bonds. The van der Waals surface area contributed by atoms with Crippen LogP contribution in [0.25, 0.3) is 16.7 Å². The molecule has 4 aromatic rings. The zero-order valence-corrected chi connectivity index (χ0v) is 19.6. The van der Waals surface area contributed by atoms with Gasteiger partial charge >= 0.3 is 5.97 Å². The Morgan fingerprint density at radius 3 is 2.68 bits per heavy atom. The highest BCUT2D eigenvalue weighted by Gasteiger charge is 2.20. The number of nitrogens with zero attached hydrogens (tertiary/aromatic N) is 4. The fraction of sp³-hybridized carbons (Fsp3) is 0.240. The van der Waals surface area contributed by atoms with Crippen molar-refractivity contribution in [3.8, 4) is 0 Å². The van der Waals surface area contributed by atoms with Crippen molar-refractivity contribution in [3.63, 3.8) is 0 Å². The number of pyridine rings is 2. The normalized spacial score (nSPS) is 11.8. The van der Waals surface area contributed by atoms with Crippen LogP contribution < -0.4 is 11.0 Å². The van der Waals surface area contributed by atoms with Gasteiger partial charge in [0, 0.05) is 23.3 Å².